The van der Waals surface area contributed by atoms with Crippen LogP contribution in [0.25, 0.3) is 0 Å². The third-order valence-corrected chi connectivity index (χ3v) is 7.89. The van der Waals surface area contributed by atoms with Gasteiger partial charge in [0.25, 0.3) is 11.8 Å². The van der Waals surface area contributed by atoms with Crippen LogP contribution < -0.4 is 22.1 Å². The number of nitrogens with zero attached hydrogens (tertiary/aromatic N) is 6. The minimum atomic E-state index is -4.99. The maximum Gasteiger partial charge on any atom is 0.362 e. The number of nitrogen functional groups attached to an aromatic ring is 1. The molecule has 2 aromatic heterocycles. The molecule has 8 N–H and O–H groups in total. The van der Waals surface area contributed by atoms with E-state index in [-0.39, 0.29) is 40.6 Å². The van der Waals surface area contributed by atoms with Crippen LogP contribution in [0.15, 0.2) is 16.7 Å². The minimum Gasteiger partial charge on any atom is -0.478 e. The topological polar surface area (TPSA) is 270 Å². The number of β-lactam (4-membered cyclic amide) rings is 1. The third kappa shape index (κ3) is 6.20. The first-order valence-corrected chi connectivity index (χ1v) is 14.3. The van der Waals surface area contributed by atoms with Gasteiger partial charge in [0.2, 0.25) is 5.60 Å². The Kier molecular flexibility index (Phi) is 8.35. The number of carboxylic acids is 1. The standard InChI is InChI=1S/C20H28N10O8S2/c1-10(23-6-2-5-21)11-7-24-29(27-11)8-13-15(17(32)30(13)40(35,36)37)26-16(31)14(12-9-39-19(22)25-12)28-38-20(3-4-20)18(33)34/h7,9-10,13,15,23H,2-6,8,21H2,1H3,(H2,22,25)(H,26,31)(H,33,34)(H,35,36,37)/b28-14+/t10-,13+,15-/m0/s1. The lowest BCUT2D eigenvalue weighted by Crippen LogP contribution is -2.73. The first kappa shape index (κ1) is 29.3. The molecule has 18 nitrogen and oxygen atoms in total. The van der Waals surface area contributed by atoms with Gasteiger partial charge in [-0.15, -0.1) is 11.3 Å². The summed E-state index contributed by atoms with van der Waals surface area (Å²) in [6.07, 6.45) is 2.55. The Bertz CT molecular complexity index is 1420. The second kappa shape index (κ2) is 11.4. The molecule has 0 radical (unpaired) electrons. The molecular weight excluding hydrogens is 572 g/mol. The van der Waals surface area contributed by atoms with Crippen LogP contribution in [0.4, 0.5) is 5.13 Å². The van der Waals surface area contributed by atoms with Gasteiger partial charge < -0.3 is 32.0 Å². The highest BCUT2D eigenvalue weighted by molar-refractivity contribution is 7.84. The highest BCUT2D eigenvalue weighted by Gasteiger charge is 2.56. The number of nitrogens with one attached hydrogen (secondary N) is 2. The van der Waals surface area contributed by atoms with Gasteiger partial charge in [-0.1, -0.05) is 5.16 Å². The molecule has 1 saturated carbocycles. The number of carbonyl (C=O) groups is 3. The van der Waals surface area contributed by atoms with Crippen molar-refractivity contribution in [3.05, 3.63) is 23.0 Å². The lowest BCUT2D eigenvalue weighted by molar-refractivity contribution is -0.153. The zero-order chi connectivity index (χ0) is 29.2. The number of hydrogen-bond donors (Lipinski definition) is 6. The molecule has 0 aromatic carbocycles. The van der Waals surface area contributed by atoms with Crippen LogP contribution in [0.2, 0.25) is 0 Å². The monoisotopic (exact) mass is 600 g/mol. The number of hydrogen-bond acceptors (Lipinski definition) is 14. The van der Waals surface area contributed by atoms with E-state index in [4.69, 9.17) is 16.3 Å². The fourth-order valence-corrected chi connectivity index (χ4v) is 5.25. The molecule has 2 aliphatic rings. The summed E-state index contributed by atoms with van der Waals surface area (Å²) in [5.74, 6) is -3.40. The van der Waals surface area contributed by atoms with Gasteiger partial charge in [0.1, 0.15) is 17.8 Å². The lowest BCUT2D eigenvalue weighted by Gasteiger charge is -2.43. The Morgan fingerprint density at radius 3 is 2.70 bits per heavy atom. The van der Waals surface area contributed by atoms with Crippen LogP contribution in [0.5, 0.6) is 0 Å². The number of rotatable bonds is 14. The van der Waals surface area contributed by atoms with E-state index in [1.54, 1.807) is 0 Å². The van der Waals surface area contributed by atoms with E-state index < -0.39 is 51.5 Å². The highest BCUT2D eigenvalue weighted by Crippen LogP contribution is 2.40. The molecule has 3 heterocycles. The van der Waals surface area contributed by atoms with Crippen molar-refractivity contribution < 1.29 is 37.3 Å². The Hall–Kier alpha value is -3.72. The average molecular weight is 601 g/mol. The van der Waals surface area contributed by atoms with Crippen molar-refractivity contribution in [2.24, 2.45) is 10.9 Å². The summed E-state index contributed by atoms with van der Waals surface area (Å²) < 4.78 is 33.7. The highest BCUT2D eigenvalue weighted by atomic mass is 32.2. The van der Waals surface area contributed by atoms with E-state index in [0.29, 0.717) is 18.8 Å². The Labute approximate surface area is 231 Å². The van der Waals surface area contributed by atoms with Crippen molar-refractivity contribution in [3.63, 3.8) is 0 Å². The van der Waals surface area contributed by atoms with Gasteiger partial charge in [-0.2, -0.15) is 23.4 Å². The summed E-state index contributed by atoms with van der Waals surface area (Å²) in [6, 6.07) is -2.95. The molecule has 218 valence electrons. The molecule has 3 atom stereocenters. The molecule has 0 bridgehead atoms. The Morgan fingerprint density at radius 2 is 2.12 bits per heavy atom. The predicted molar refractivity (Wildman–Crippen MR) is 138 cm³/mol. The molecule has 20 heteroatoms. The van der Waals surface area contributed by atoms with Gasteiger partial charge in [-0.3, -0.25) is 14.1 Å². The van der Waals surface area contributed by atoms with Gasteiger partial charge in [0.15, 0.2) is 10.8 Å². The second-order valence-electron chi connectivity index (χ2n) is 9.17. The van der Waals surface area contributed by atoms with E-state index >= 15 is 0 Å². The van der Waals surface area contributed by atoms with E-state index in [1.807, 2.05) is 6.92 Å². The number of oxime groups is 1. The van der Waals surface area contributed by atoms with Gasteiger partial charge in [-0.05, 0) is 26.4 Å². The smallest absolute Gasteiger partial charge is 0.362 e. The summed E-state index contributed by atoms with van der Waals surface area (Å²) >= 11 is 0.976. The zero-order valence-corrected chi connectivity index (χ0v) is 22.8. The summed E-state index contributed by atoms with van der Waals surface area (Å²) in [7, 11) is -4.99. The lowest BCUT2D eigenvalue weighted by atomic mass is 9.98. The second-order valence-corrected chi connectivity index (χ2v) is 11.4. The zero-order valence-electron chi connectivity index (χ0n) is 21.1. The predicted octanol–water partition coefficient (Wildman–Crippen LogP) is -2.15. The van der Waals surface area contributed by atoms with Gasteiger partial charge in [0, 0.05) is 18.2 Å². The SMILES string of the molecule is C[C@H](NCCCN)c1cnn(C[C@@H]2[C@H](NC(=O)/C(=N/OC3(C(=O)O)CC3)c3csc(N)n3)C(=O)N2S(=O)(=O)O)n1. The fraction of sp³-hybridized carbons (Fsp3) is 0.550. The molecule has 1 saturated heterocycles. The molecular formula is C20H28N10O8S2. The minimum absolute atomic E-state index is 0.0503. The fourth-order valence-electron chi connectivity index (χ4n) is 3.83. The maximum absolute atomic E-state index is 13.2. The van der Waals surface area contributed by atoms with Gasteiger partial charge in [0.05, 0.1) is 24.5 Å². The van der Waals surface area contributed by atoms with Crippen LogP contribution in [0, 0.1) is 0 Å². The van der Waals surface area contributed by atoms with Crippen molar-refractivity contribution in [2.75, 3.05) is 18.8 Å². The normalized spacial score (nSPS) is 21.0. The van der Waals surface area contributed by atoms with Crippen LogP contribution in [-0.2, 0) is 36.1 Å². The van der Waals surface area contributed by atoms with Crippen LogP contribution in [0.1, 0.15) is 43.6 Å². The van der Waals surface area contributed by atoms with Crippen molar-refractivity contribution in [2.45, 2.75) is 56.5 Å². The Morgan fingerprint density at radius 1 is 1.40 bits per heavy atom. The summed E-state index contributed by atoms with van der Waals surface area (Å²) in [5.41, 5.74) is 9.57. The van der Waals surface area contributed by atoms with E-state index in [2.05, 4.69) is 31.0 Å². The molecule has 1 aliphatic carbocycles. The molecule has 1 aliphatic heterocycles. The number of aliphatic carboxylic acids is 1. The van der Waals surface area contributed by atoms with E-state index in [1.165, 1.54) is 11.6 Å². The molecule has 2 aromatic rings. The van der Waals surface area contributed by atoms with Gasteiger partial charge >= 0.3 is 16.3 Å². The van der Waals surface area contributed by atoms with Crippen LogP contribution >= 0.6 is 11.3 Å². The van der Waals surface area contributed by atoms with E-state index in [0.717, 1.165) is 22.6 Å². The van der Waals surface area contributed by atoms with Crippen molar-refractivity contribution >= 4 is 50.3 Å². The summed E-state index contributed by atoms with van der Waals surface area (Å²) in [4.78, 5) is 47.6. The van der Waals surface area contributed by atoms with Crippen LogP contribution in [0.3, 0.4) is 0 Å². The number of aromatic nitrogens is 4. The molecule has 2 fully saturated rings. The quantitative estimate of drug-likeness (QED) is 0.0444. The number of anilines is 1. The summed E-state index contributed by atoms with van der Waals surface area (Å²) in [5, 5.41) is 28.5. The average Bonchev–Trinajstić information content (AvgIpc) is 3.32. The molecule has 0 unspecified atom stereocenters. The molecule has 40 heavy (non-hydrogen) atoms. The van der Waals surface area contributed by atoms with Gasteiger partial charge in [-0.25, -0.2) is 14.1 Å². The van der Waals surface area contributed by atoms with Crippen LogP contribution in [-0.4, -0.2) is 96.6 Å². The van der Waals surface area contributed by atoms with E-state index in [9.17, 15) is 32.5 Å². The number of thiazole rings is 1. The number of nitrogens with two attached hydrogens (primary N) is 2. The Balaban J connectivity index is 1.53. The number of carboxylic acid groups (broad SMARTS) is 1. The van der Waals surface area contributed by atoms with Crippen molar-refractivity contribution in [3.8, 4) is 0 Å². The third-order valence-electron chi connectivity index (χ3n) is 6.27. The maximum atomic E-state index is 13.2. The first-order chi connectivity index (χ1) is 18.9. The molecule has 0 spiro atoms. The molecule has 4 rings (SSSR count). The molecule has 2 amide bonds. The number of carbonyl (C=O) groups excluding carboxylic acids is 2. The number of amides is 2. The largest absolute Gasteiger partial charge is 0.478 e. The first-order valence-electron chi connectivity index (χ1n) is 12.0. The van der Waals surface area contributed by atoms with Crippen molar-refractivity contribution in [1.29, 1.82) is 0 Å². The summed E-state index contributed by atoms with van der Waals surface area (Å²) in [6.45, 7) is 2.68. The van der Waals surface area contributed by atoms with Crippen molar-refractivity contribution in [1.82, 2.24) is 34.9 Å².